The van der Waals surface area contributed by atoms with Gasteiger partial charge in [0, 0.05) is 26.3 Å². The van der Waals surface area contributed by atoms with Crippen molar-refractivity contribution in [2.75, 3.05) is 19.4 Å². The zero-order valence-corrected chi connectivity index (χ0v) is 14.9. The number of urea groups is 1. The molecular weight excluding hydrogens is 316 g/mol. The van der Waals surface area contributed by atoms with Crippen LogP contribution in [0.5, 0.6) is 0 Å². The summed E-state index contributed by atoms with van der Waals surface area (Å²) in [5.41, 5.74) is 7.49. The zero-order valence-electron chi connectivity index (χ0n) is 14.1. The summed E-state index contributed by atoms with van der Waals surface area (Å²) < 4.78 is 0. The molecule has 0 radical (unpaired) electrons. The Hall–Kier alpha value is -1.79. The average molecular weight is 343 g/mol. The van der Waals surface area contributed by atoms with Gasteiger partial charge in [-0.05, 0) is 23.6 Å². The van der Waals surface area contributed by atoms with Crippen LogP contribution in [0, 0.1) is 5.92 Å². The Morgan fingerprint density at radius 1 is 1.30 bits per heavy atom. The third-order valence-electron chi connectivity index (χ3n) is 3.61. The SMILES string of the molecule is CCC(C)C(N)C(=O)NCc1cccc(NC(=O)N(C)C)c1.Cl. The molecule has 0 heterocycles. The number of amides is 3. The van der Waals surface area contributed by atoms with Crippen LogP contribution in [0.15, 0.2) is 24.3 Å². The van der Waals surface area contributed by atoms with Crippen molar-refractivity contribution in [3.8, 4) is 0 Å². The molecule has 0 saturated carbocycles. The summed E-state index contributed by atoms with van der Waals surface area (Å²) in [5.74, 6) is -0.0113. The van der Waals surface area contributed by atoms with Crippen molar-refractivity contribution in [3.63, 3.8) is 0 Å². The van der Waals surface area contributed by atoms with Gasteiger partial charge in [0.05, 0.1) is 6.04 Å². The number of nitrogens with zero attached hydrogens (tertiary/aromatic N) is 1. The molecule has 4 N–H and O–H groups in total. The summed E-state index contributed by atoms with van der Waals surface area (Å²) >= 11 is 0. The first-order chi connectivity index (χ1) is 10.3. The van der Waals surface area contributed by atoms with E-state index in [0.29, 0.717) is 12.2 Å². The molecular formula is C16H27ClN4O2. The highest BCUT2D eigenvalue weighted by Crippen LogP contribution is 2.11. The van der Waals surface area contributed by atoms with Crippen molar-refractivity contribution in [2.45, 2.75) is 32.9 Å². The molecule has 0 bridgehead atoms. The number of halogens is 1. The molecule has 0 aliphatic rings. The Balaban J connectivity index is 0.00000484. The number of nitrogens with two attached hydrogens (primary N) is 1. The second-order valence-corrected chi connectivity index (χ2v) is 5.65. The van der Waals surface area contributed by atoms with Gasteiger partial charge in [0.1, 0.15) is 0 Å². The number of hydrogen-bond donors (Lipinski definition) is 3. The average Bonchev–Trinajstić information content (AvgIpc) is 2.51. The predicted octanol–water partition coefficient (Wildman–Crippen LogP) is 2.19. The van der Waals surface area contributed by atoms with E-state index < -0.39 is 6.04 Å². The Bertz CT molecular complexity index is 523. The first-order valence-electron chi connectivity index (χ1n) is 7.45. The monoisotopic (exact) mass is 342 g/mol. The number of nitrogens with one attached hydrogen (secondary N) is 2. The smallest absolute Gasteiger partial charge is 0.321 e. The molecule has 0 spiro atoms. The van der Waals surface area contributed by atoms with E-state index in [4.69, 9.17) is 5.73 Å². The van der Waals surface area contributed by atoms with Crippen molar-refractivity contribution >= 4 is 30.0 Å². The summed E-state index contributed by atoms with van der Waals surface area (Å²) in [6.45, 7) is 4.35. The van der Waals surface area contributed by atoms with E-state index in [1.807, 2.05) is 32.0 Å². The lowest BCUT2D eigenvalue weighted by Gasteiger charge is -2.18. The number of benzene rings is 1. The van der Waals surface area contributed by atoms with Gasteiger partial charge >= 0.3 is 6.03 Å². The fourth-order valence-corrected chi connectivity index (χ4v) is 1.81. The molecule has 2 unspecified atom stereocenters. The van der Waals surface area contributed by atoms with E-state index in [-0.39, 0.29) is 30.3 Å². The van der Waals surface area contributed by atoms with Crippen molar-refractivity contribution in [3.05, 3.63) is 29.8 Å². The standard InChI is InChI=1S/C16H26N4O2.ClH/c1-5-11(2)14(17)15(21)18-10-12-7-6-8-13(9-12)19-16(22)20(3)4;/h6-9,11,14H,5,10,17H2,1-4H3,(H,18,21)(H,19,22);1H. The molecule has 0 saturated heterocycles. The molecule has 0 aromatic heterocycles. The van der Waals surface area contributed by atoms with Gasteiger partial charge in [0.15, 0.2) is 0 Å². The fraction of sp³-hybridized carbons (Fsp3) is 0.500. The van der Waals surface area contributed by atoms with Crippen molar-refractivity contribution in [2.24, 2.45) is 11.7 Å². The lowest BCUT2D eigenvalue weighted by molar-refractivity contribution is -0.123. The Morgan fingerprint density at radius 3 is 2.52 bits per heavy atom. The second kappa shape index (κ2) is 10.1. The summed E-state index contributed by atoms with van der Waals surface area (Å²) in [7, 11) is 3.35. The number of rotatable bonds is 6. The summed E-state index contributed by atoms with van der Waals surface area (Å²) in [6, 6.07) is 6.66. The van der Waals surface area contributed by atoms with E-state index >= 15 is 0 Å². The van der Waals surface area contributed by atoms with Gasteiger partial charge in [0.25, 0.3) is 0 Å². The first kappa shape index (κ1) is 21.2. The molecule has 130 valence electrons. The van der Waals surface area contributed by atoms with E-state index in [1.54, 1.807) is 20.2 Å². The minimum atomic E-state index is -0.498. The molecule has 6 nitrogen and oxygen atoms in total. The van der Waals surface area contributed by atoms with Crippen LogP contribution in [0.4, 0.5) is 10.5 Å². The fourth-order valence-electron chi connectivity index (χ4n) is 1.81. The zero-order chi connectivity index (χ0) is 16.7. The molecule has 0 fully saturated rings. The minimum absolute atomic E-state index is 0. The molecule has 1 rings (SSSR count). The van der Waals surface area contributed by atoms with Crippen LogP contribution in [-0.4, -0.2) is 37.0 Å². The largest absolute Gasteiger partial charge is 0.351 e. The van der Waals surface area contributed by atoms with Gasteiger partial charge in [-0.15, -0.1) is 12.4 Å². The van der Waals surface area contributed by atoms with E-state index in [2.05, 4.69) is 10.6 Å². The van der Waals surface area contributed by atoms with Crippen molar-refractivity contribution in [1.82, 2.24) is 10.2 Å². The minimum Gasteiger partial charge on any atom is -0.351 e. The highest BCUT2D eigenvalue weighted by molar-refractivity contribution is 5.89. The Kier molecular flexibility index (Phi) is 9.29. The third-order valence-corrected chi connectivity index (χ3v) is 3.61. The molecule has 7 heteroatoms. The van der Waals surface area contributed by atoms with Gasteiger partial charge in [-0.25, -0.2) is 4.79 Å². The Labute approximate surface area is 144 Å². The normalized spacial score (nSPS) is 12.6. The van der Waals surface area contributed by atoms with Crippen LogP contribution >= 0.6 is 12.4 Å². The lowest BCUT2D eigenvalue weighted by Crippen LogP contribution is -2.44. The summed E-state index contributed by atoms with van der Waals surface area (Å²) in [4.78, 5) is 25.0. The number of hydrogen-bond acceptors (Lipinski definition) is 3. The van der Waals surface area contributed by atoms with Crippen LogP contribution in [-0.2, 0) is 11.3 Å². The highest BCUT2D eigenvalue weighted by atomic mass is 35.5. The van der Waals surface area contributed by atoms with E-state index in [9.17, 15) is 9.59 Å². The number of carbonyl (C=O) groups is 2. The number of carbonyl (C=O) groups excluding carboxylic acids is 2. The maximum atomic E-state index is 12.0. The molecule has 23 heavy (non-hydrogen) atoms. The molecule has 1 aromatic rings. The molecule has 0 aliphatic carbocycles. The quantitative estimate of drug-likeness (QED) is 0.740. The molecule has 1 aromatic carbocycles. The second-order valence-electron chi connectivity index (χ2n) is 5.65. The maximum absolute atomic E-state index is 12.0. The van der Waals surface area contributed by atoms with Crippen LogP contribution in [0.25, 0.3) is 0 Å². The van der Waals surface area contributed by atoms with Crippen molar-refractivity contribution in [1.29, 1.82) is 0 Å². The third kappa shape index (κ3) is 6.88. The topological polar surface area (TPSA) is 87.5 Å². The predicted molar refractivity (Wildman–Crippen MR) is 95.7 cm³/mol. The van der Waals surface area contributed by atoms with Crippen LogP contribution in [0.3, 0.4) is 0 Å². The van der Waals surface area contributed by atoms with Gasteiger partial charge in [-0.3, -0.25) is 4.79 Å². The van der Waals surface area contributed by atoms with E-state index in [0.717, 1.165) is 12.0 Å². The lowest BCUT2D eigenvalue weighted by atomic mass is 9.99. The number of anilines is 1. The van der Waals surface area contributed by atoms with Crippen LogP contribution in [0.2, 0.25) is 0 Å². The molecule has 2 atom stereocenters. The first-order valence-corrected chi connectivity index (χ1v) is 7.45. The van der Waals surface area contributed by atoms with E-state index in [1.165, 1.54) is 4.90 Å². The van der Waals surface area contributed by atoms with Crippen molar-refractivity contribution < 1.29 is 9.59 Å². The van der Waals surface area contributed by atoms with Gasteiger partial charge in [0.2, 0.25) is 5.91 Å². The summed E-state index contributed by atoms with van der Waals surface area (Å²) in [6.07, 6.45) is 0.862. The Morgan fingerprint density at radius 2 is 1.96 bits per heavy atom. The van der Waals surface area contributed by atoms with Gasteiger partial charge in [-0.2, -0.15) is 0 Å². The maximum Gasteiger partial charge on any atom is 0.321 e. The highest BCUT2D eigenvalue weighted by Gasteiger charge is 2.18. The molecule has 3 amide bonds. The van der Waals surface area contributed by atoms with Crippen LogP contribution in [0.1, 0.15) is 25.8 Å². The van der Waals surface area contributed by atoms with Gasteiger partial charge < -0.3 is 21.3 Å². The van der Waals surface area contributed by atoms with Crippen LogP contribution < -0.4 is 16.4 Å². The summed E-state index contributed by atoms with van der Waals surface area (Å²) in [5, 5.41) is 5.60. The molecule has 0 aliphatic heterocycles. The van der Waals surface area contributed by atoms with Gasteiger partial charge in [-0.1, -0.05) is 32.4 Å².